The fraction of sp³-hybridized carbons (Fsp3) is 0.519. The van der Waals surface area contributed by atoms with E-state index in [1.54, 1.807) is 0 Å². The molecular formula is C27H32O15. The summed E-state index contributed by atoms with van der Waals surface area (Å²) in [5.41, 5.74) is 0.140. The van der Waals surface area contributed by atoms with Gasteiger partial charge in [0, 0.05) is 23.8 Å². The molecule has 0 spiro atoms. The highest BCUT2D eigenvalue weighted by atomic mass is 16.8. The smallest absolute Gasteiger partial charge is 0.229 e. The number of ether oxygens (including phenoxy) is 5. The monoisotopic (exact) mass is 596 g/mol. The zero-order valence-electron chi connectivity index (χ0n) is 22.1. The van der Waals surface area contributed by atoms with Crippen molar-refractivity contribution in [2.24, 2.45) is 0 Å². The van der Waals surface area contributed by atoms with E-state index in [2.05, 4.69) is 0 Å². The number of rotatable bonds is 6. The Morgan fingerprint density at radius 2 is 1.52 bits per heavy atom. The second-order valence-corrected chi connectivity index (χ2v) is 10.4. The van der Waals surface area contributed by atoms with Gasteiger partial charge in [-0.2, -0.15) is 0 Å². The second-order valence-electron chi connectivity index (χ2n) is 10.4. The number of ketones is 1. The van der Waals surface area contributed by atoms with E-state index in [1.807, 2.05) is 0 Å². The minimum Gasteiger partial charge on any atom is -0.508 e. The first-order chi connectivity index (χ1) is 19.9. The molecule has 0 radical (unpaired) electrons. The van der Waals surface area contributed by atoms with Crippen molar-refractivity contribution >= 4 is 5.78 Å². The zero-order chi connectivity index (χ0) is 30.5. The van der Waals surface area contributed by atoms with Crippen LogP contribution in [-0.2, 0) is 14.2 Å². The number of phenolic OH excluding ortho intramolecular Hbond substituents is 3. The van der Waals surface area contributed by atoms with Crippen LogP contribution in [0.25, 0.3) is 0 Å². The molecule has 3 heterocycles. The Morgan fingerprint density at radius 3 is 2.19 bits per heavy atom. The summed E-state index contributed by atoms with van der Waals surface area (Å²) in [6, 6.07) is 6.03. The van der Waals surface area contributed by atoms with Gasteiger partial charge in [-0.1, -0.05) is 0 Å². The van der Waals surface area contributed by atoms with Crippen LogP contribution < -0.4 is 9.47 Å². The standard InChI is InChI=1S/C27H32O15/c1-9-20(33)22(35)24(37)26(38-9)42-25-23(36)21(34)18(8-28)41-27(25)39-13-5-14(31)19-15(32)7-16(40-17(19)6-13)10-2-11(29)4-12(30)3-10/h2-6,9,16,18,20-31,33-37H,7-8H2,1H3/t9-,16-,18+,20-,21+,22+,23-,24+,25+,26-,27+/m0/s1. The average Bonchev–Trinajstić information content (AvgIpc) is 2.93. The number of aliphatic hydroxyl groups excluding tert-OH is 6. The molecule has 11 atom stereocenters. The zero-order valence-corrected chi connectivity index (χ0v) is 22.1. The Labute approximate surface area is 238 Å². The third-order valence-corrected chi connectivity index (χ3v) is 7.45. The predicted molar refractivity (Wildman–Crippen MR) is 136 cm³/mol. The van der Waals surface area contributed by atoms with Gasteiger partial charge in [-0.15, -0.1) is 0 Å². The van der Waals surface area contributed by atoms with Gasteiger partial charge in [0.1, 0.15) is 77.0 Å². The first kappa shape index (κ1) is 30.2. The van der Waals surface area contributed by atoms with Crippen molar-refractivity contribution in [3.63, 3.8) is 0 Å². The van der Waals surface area contributed by atoms with Gasteiger partial charge in [0.15, 0.2) is 18.2 Å². The SMILES string of the molecule is C[C@@H]1O[C@@H](O[C@H]2[C@H](Oc3cc(O)c4c(c3)O[C@H](c3cc(O)cc(O)c3)CC4=O)O[C@H](CO)[C@@H](O)[C@@H]2O)[C@H](O)[C@H](O)[C@H]1O. The average molecular weight is 597 g/mol. The second kappa shape index (κ2) is 11.8. The molecule has 9 N–H and O–H groups in total. The fourth-order valence-corrected chi connectivity index (χ4v) is 5.18. The van der Waals surface area contributed by atoms with E-state index in [0.29, 0.717) is 0 Å². The molecule has 3 aliphatic heterocycles. The van der Waals surface area contributed by atoms with Crippen molar-refractivity contribution < 1.29 is 74.4 Å². The molecule has 3 aliphatic rings. The number of hydrogen-bond donors (Lipinski definition) is 9. The van der Waals surface area contributed by atoms with E-state index >= 15 is 0 Å². The minimum absolute atomic E-state index is 0.112. The Kier molecular flexibility index (Phi) is 8.48. The van der Waals surface area contributed by atoms with E-state index in [4.69, 9.17) is 23.7 Å². The molecule has 2 fully saturated rings. The lowest BCUT2D eigenvalue weighted by atomic mass is 9.95. The Bertz CT molecular complexity index is 1280. The van der Waals surface area contributed by atoms with E-state index in [-0.39, 0.29) is 40.5 Å². The van der Waals surface area contributed by atoms with Crippen LogP contribution >= 0.6 is 0 Å². The summed E-state index contributed by atoms with van der Waals surface area (Å²) < 4.78 is 28.4. The molecule has 0 saturated carbocycles. The number of aliphatic hydroxyl groups is 6. The van der Waals surface area contributed by atoms with Crippen LogP contribution in [0, 0.1) is 0 Å². The molecule has 230 valence electrons. The molecule has 2 aromatic carbocycles. The number of Topliss-reactive ketones (excluding diaryl/α,β-unsaturated/α-hetero) is 1. The van der Waals surface area contributed by atoms with Gasteiger partial charge in [-0.3, -0.25) is 4.79 Å². The van der Waals surface area contributed by atoms with Crippen molar-refractivity contribution in [1.29, 1.82) is 0 Å². The molecule has 2 aromatic rings. The van der Waals surface area contributed by atoms with Gasteiger partial charge in [0.25, 0.3) is 0 Å². The lowest BCUT2D eigenvalue weighted by Gasteiger charge is -2.45. The summed E-state index contributed by atoms with van der Waals surface area (Å²) >= 11 is 0. The molecule has 42 heavy (non-hydrogen) atoms. The van der Waals surface area contributed by atoms with Crippen LogP contribution in [0.15, 0.2) is 30.3 Å². The number of hydrogen-bond acceptors (Lipinski definition) is 15. The van der Waals surface area contributed by atoms with Gasteiger partial charge >= 0.3 is 0 Å². The highest BCUT2D eigenvalue weighted by Gasteiger charge is 2.51. The van der Waals surface area contributed by atoms with Gasteiger partial charge in [-0.05, 0) is 19.1 Å². The topological polar surface area (TPSA) is 245 Å². The Morgan fingerprint density at radius 1 is 0.833 bits per heavy atom. The van der Waals surface area contributed by atoms with E-state index < -0.39 is 85.7 Å². The predicted octanol–water partition coefficient (Wildman–Crippen LogP) is -1.46. The largest absolute Gasteiger partial charge is 0.508 e. The normalized spacial score (nSPS) is 36.6. The molecule has 5 rings (SSSR count). The van der Waals surface area contributed by atoms with Crippen molar-refractivity contribution in [1.82, 2.24) is 0 Å². The maximum atomic E-state index is 12.9. The molecule has 15 nitrogen and oxygen atoms in total. The molecule has 0 amide bonds. The highest BCUT2D eigenvalue weighted by molar-refractivity contribution is 6.02. The van der Waals surface area contributed by atoms with Crippen LogP contribution in [0.5, 0.6) is 28.7 Å². The maximum Gasteiger partial charge on any atom is 0.229 e. The summed E-state index contributed by atoms with van der Waals surface area (Å²) in [6.45, 7) is 0.679. The molecule has 0 unspecified atom stereocenters. The highest BCUT2D eigenvalue weighted by Crippen LogP contribution is 2.43. The van der Waals surface area contributed by atoms with E-state index in [0.717, 1.165) is 12.1 Å². The quantitative estimate of drug-likeness (QED) is 0.185. The molecule has 0 aliphatic carbocycles. The summed E-state index contributed by atoms with van der Waals surface area (Å²) in [4.78, 5) is 12.9. The van der Waals surface area contributed by atoms with Gasteiger partial charge in [-0.25, -0.2) is 0 Å². The Balaban J connectivity index is 1.42. The summed E-state index contributed by atoms with van der Waals surface area (Å²) in [5.74, 6) is -1.80. The molecule has 0 aromatic heterocycles. The number of benzene rings is 2. The van der Waals surface area contributed by atoms with Crippen LogP contribution in [0.2, 0.25) is 0 Å². The third kappa shape index (κ3) is 5.70. The van der Waals surface area contributed by atoms with Crippen LogP contribution in [0.4, 0.5) is 0 Å². The first-order valence-electron chi connectivity index (χ1n) is 13.1. The van der Waals surface area contributed by atoms with Crippen molar-refractivity contribution in [2.75, 3.05) is 6.61 Å². The fourth-order valence-electron chi connectivity index (χ4n) is 5.18. The summed E-state index contributed by atoms with van der Waals surface area (Å²) in [7, 11) is 0. The van der Waals surface area contributed by atoms with Crippen molar-refractivity contribution in [2.45, 2.75) is 80.9 Å². The third-order valence-electron chi connectivity index (χ3n) is 7.45. The van der Waals surface area contributed by atoms with Crippen molar-refractivity contribution in [3.8, 4) is 28.7 Å². The number of aromatic hydroxyl groups is 3. The summed E-state index contributed by atoms with van der Waals surface area (Å²) in [6.07, 6.45) is -16.6. The lowest BCUT2D eigenvalue weighted by molar-refractivity contribution is -0.354. The summed E-state index contributed by atoms with van der Waals surface area (Å²) in [5, 5.41) is 91.8. The van der Waals surface area contributed by atoms with Gasteiger partial charge in [0.2, 0.25) is 6.29 Å². The number of carbonyl (C=O) groups excluding carboxylic acids is 1. The van der Waals surface area contributed by atoms with Gasteiger partial charge < -0.3 is 69.6 Å². The van der Waals surface area contributed by atoms with Crippen LogP contribution in [0.1, 0.15) is 35.4 Å². The molecular weight excluding hydrogens is 564 g/mol. The molecule has 0 bridgehead atoms. The Hall–Kier alpha value is -3.25. The number of fused-ring (bicyclic) bond motifs is 1. The number of carbonyl (C=O) groups is 1. The van der Waals surface area contributed by atoms with Crippen LogP contribution in [0.3, 0.4) is 0 Å². The van der Waals surface area contributed by atoms with Crippen molar-refractivity contribution in [3.05, 3.63) is 41.5 Å². The lowest BCUT2D eigenvalue weighted by Crippen LogP contribution is -2.64. The van der Waals surface area contributed by atoms with E-state index in [1.165, 1.54) is 25.1 Å². The molecule has 2 saturated heterocycles. The van der Waals surface area contributed by atoms with Gasteiger partial charge in [0.05, 0.1) is 19.1 Å². The first-order valence-corrected chi connectivity index (χ1v) is 13.1. The minimum atomic E-state index is -1.78. The molecule has 15 heteroatoms. The van der Waals surface area contributed by atoms with E-state index in [9.17, 15) is 50.8 Å². The number of phenols is 3. The maximum absolute atomic E-state index is 12.9. The van der Waals surface area contributed by atoms with Crippen LogP contribution in [-0.4, -0.2) is 120 Å².